The van der Waals surface area contributed by atoms with Crippen LogP contribution in [0.15, 0.2) is 24.3 Å². The highest BCUT2D eigenvalue weighted by Crippen LogP contribution is 2.24. The second-order valence-electron chi connectivity index (χ2n) is 5.72. The minimum absolute atomic E-state index is 0.136. The van der Waals surface area contributed by atoms with Crippen molar-refractivity contribution in [1.29, 1.82) is 0 Å². The maximum absolute atomic E-state index is 11.8. The third kappa shape index (κ3) is 5.38. The summed E-state index contributed by atoms with van der Waals surface area (Å²) in [6, 6.07) is 8.07. The molecule has 1 aromatic rings. The van der Waals surface area contributed by atoms with Gasteiger partial charge in [-0.15, -0.1) is 0 Å². The second kappa shape index (κ2) is 8.03. The van der Waals surface area contributed by atoms with Crippen LogP contribution in [0.3, 0.4) is 0 Å². The van der Waals surface area contributed by atoms with Crippen molar-refractivity contribution in [2.24, 2.45) is 0 Å². The summed E-state index contributed by atoms with van der Waals surface area (Å²) in [4.78, 5) is 13.9. The fourth-order valence-electron chi connectivity index (χ4n) is 2.20. The van der Waals surface area contributed by atoms with Crippen LogP contribution in [0.5, 0.6) is 5.75 Å². The van der Waals surface area contributed by atoms with Gasteiger partial charge in [-0.3, -0.25) is 4.79 Å². The van der Waals surface area contributed by atoms with Crippen molar-refractivity contribution in [3.05, 3.63) is 29.8 Å². The number of nitrogens with zero attached hydrogens (tertiary/aromatic N) is 1. The lowest BCUT2D eigenvalue weighted by Crippen LogP contribution is -2.43. The third-order valence-corrected chi connectivity index (χ3v) is 4.02. The van der Waals surface area contributed by atoms with Crippen molar-refractivity contribution >= 4 is 5.97 Å². The first kappa shape index (κ1) is 17.5. The summed E-state index contributed by atoms with van der Waals surface area (Å²) in [6.07, 6.45) is 2.22. The molecule has 0 amide bonds. The molecule has 0 N–H and O–H groups in total. The van der Waals surface area contributed by atoms with Crippen LogP contribution in [-0.4, -0.2) is 44.2 Å². The van der Waals surface area contributed by atoms with E-state index in [0.29, 0.717) is 13.0 Å². The Balaban J connectivity index is 2.66. The van der Waals surface area contributed by atoms with Crippen LogP contribution < -0.4 is 4.74 Å². The van der Waals surface area contributed by atoms with Gasteiger partial charge in [-0.25, -0.2) is 0 Å². The molecule has 0 aliphatic rings. The van der Waals surface area contributed by atoms with E-state index < -0.39 is 0 Å². The topological polar surface area (TPSA) is 38.8 Å². The lowest BCUT2D eigenvalue weighted by molar-refractivity contribution is -0.146. The highest BCUT2D eigenvalue weighted by Gasteiger charge is 2.30. The minimum atomic E-state index is -0.202. The second-order valence-corrected chi connectivity index (χ2v) is 5.72. The Morgan fingerprint density at radius 1 is 1.24 bits per heavy atom. The molecule has 1 aromatic carbocycles. The van der Waals surface area contributed by atoms with Crippen molar-refractivity contribution in [3.63, 3.8) is 0 Å². The summed E-state index contributed by atoms with van der Waals surface area (Å²) < 4.78 is 10.3. The van der Waals surface area contributed by atoms with E-state index in [1.54, 1.807) is 7.11 Å². The van der Waals surface area contributed by atoms with Crippen molar-refractivity contribution < 1.29 is 14.3 Å². The molecule has 0 radical (unpaired) electrons. The number of ether oxygens (including phenoxy) is 2. The van der Waals surface area contributed by atoms with Gasteiger partial charge < -0.3 is 14.4 Å². The molecule has 1 rings (SSSR count). The predicted octanol–water partition coefficient (Wildman–Crippen LogP) is 2.90. The van der Waals surface area contributed by atoms with Gasteiger partial charge in [-0.05, 0) is 58.5 Å². The molecule has 0 heterocycles. The molecule has 0 aliphatic carbocycles. The molecular formula is C17H27NO3. The number of carbonyl (C=O) groups excluding carboxylic acids is 1. The highest BCUT2D eigenvalue weighted by molar-refractivity contribution is 5.70. The number of carbonyl (C=O) groups is 1. The maximum Gasteiger partial charge on any atom is 0.307 e. The Morgan fingerprint density at radius 3 is 2.33 bits per heavy atom. The Kier molecular flexibility index (Phi) is 6.69. The highest BCUT2D eigenvalue weighted by atomic mass is 16.5. The fourth-order valence-corrected chi connectivity index (χ4v) is 2.20. The standard InChI is InChI=1S/C17H27NO3/c1-6-21-16(19)13-17(2,18(3)4)12-11-14-7-9-15(20-5)10-8-14/h7-10H,6,11-13H2,1-5H3. The first-order chi connectivity index (χ1) is 9.91. The van der Waals surface area contributed by atoms with Crippen LogP contribution in [0.4, 0.5) is 0 Å². The first-order valence-electron chi connectivity index (χ1n) is 7.37. The van der Waals surface area contributed by atoms with E-state index in [-0.39, 0.29) is 11.5 Å². The Labute approximate surface area is 128 Å². The zero-order valence-corrected chi connectivity index (χ0v) is 13.8. The summed E-state index contributed by atoms with van der Waals surface area (Å²) in [6.45, 7) is 4.37. The minimum Gasteiger partial charge on any atom is -0.497 e. The number of hydrogen-bond acceptors (Lipinski definition) is 4. The van der Waals surface area contributed by atoms with Crippen molar-refractivity contribution in [2.45, 2.75) is 38.6 Å². The van der Waals surface area contributed by atoms with E-state index in [2.05, 4.69) is 24.0 Å². The molecule has 4 heteroatoms. The van der Waals surface area contributed by atoms with Crippen LogP contribution in [-0.2, 0) is 16.0 Å². The molecule has 0 saturated heterocycles. The zero-order chi connectivity index (χ0) is 15.9. The van der Waals surface area contributed by atoms with E-state index in [4.69, 9.17) is 9.47 Å². The van der Waals surface area contributed by atoms with Gasteiger partial charge in [0.1, 0.15) is 5.75 Å². The van der Waals surface area contributed by atoms with Gasteiger partial charge in [0.2, 0.25) is 0 Å². The number of aryl methyl sites for hydroxylation is 1. The largest absolute Gasteiger partial charge is 0.497 e. The van der Waals surface area contributed by atoms with E-state index in [9.17, 15) is 4.79 Å². The van der Waals surface area contributed by atoms with Gasteiger partial charge in [0, 0.05) is 5.54 Å². The molecule has 0 spiro atoms. The molecular weight excluding hydrogens is 266 g/mol. The molecule has 0 aromatic heterocycles. The fraction of sp³-hybridized carbons (Fsp3) is 0.588. The summed E-state index contributed by atoms with van der Waals surface area (Å²) in [5.41, 5.74) is 1.04. The van der Waals surface area contributed by atoms with Gasteiger partial charge >= 0.3 is 5.97 Å². The van der Waals surface area contributed by atoms with Crippen LogP contribution in [0, 0.1) is 0 Å². The molecule has 1 atom stereocenters. The number of rotatable bonds is 8. The Hall–Kier alpha value is -1.55. The number of hydrogen-bond donors (Lipinski definition) is 0. The van der Waals surface area contributed by atoms with Crippen molar-refractivity contribution in [3.8, 4) is 5.75 Å². The van der Waals surface area contributed by atoms with Gasteiger partial charge in [0.15, 0.2) is 0 Å². The lowest BCUT2D eigenvalue weighted by atomic mass is 9.88. The average Bonchev–Trinajstić information content (AvgIpc) is 2.45. The van der Waals surface area contributed by atoms with Crippen LogP contribution in [0.1, 0.15) is 32.3 Å². The quantitative estimate of drug-likeness (QED) is 0.691. The maximum atomic E-state index is 11.8. The van der Waals surface area contributed by atoms with Crippen molar-refractivity contribution in [2.75, 3.05) is 27.8 Å². The lowest BCUT2D eigenvalue weighted by Gasteiger charge is -2.36. The van der Waals surface area contributed by atoms with E-state index >= 15 is 0 Å². The normalized spacial score (nSPS) is 13.8. The summed E-state index contributed by atoms with van der Waals surface area (Å²) in [5, 5.41) is 0. The van der Waals surface area contributed by atoms with Gasteiger partial charge in [-0.2, -0.15) is 0 Å². The monoisotopic (exact) mass is 293 g/mol. The number of methoxy groups -OCH3 is 1. The van der Waals surface area contributed by atoms with Gasteiger partial charge in [-0.1, -0.05) is 12.1 Å². The molecule has 0 saturated carbocycles. The Bertz CT molecular complexity index is 442. The molecule has 0 fully saturated rings. The molecule has 0 bridgehead atoms. The molecule has 0 aliphatic heterocycles. The van der Waals surface area contributed by atoms with Crippen LogP contribution in [0.25, 0.3) is 0 Å². The number of benzene rings is 1. The van der Waals surface area contributed by atoms with E-state index in [1.807, 2.05) is 33.2 Å². The molecule has 1 unspecified atom stereocenters. The zero-order valence-electron chi connectivity index (χ0n) is 13.8. The van der Waals surface area contributed by atoms with E-state index in [0.717, 1.165) is 18.6 Å². The Morgan fingerprint density at radius 2 is 1.86 bits per heavy atom. The van der Waals surface area contributed by atoms with E-state index in [1.165, 1.54) is 5.56 Å². The summed E-state index contributed by atoms with van der Waals surface area (Å²) in [7, 11) is 5.68. The van der Waals surface area contributed by atoms with Gasteiger partial charge in [0.25, 0.3) is 0 Å². The SMILES string of the molecule is CCOC(=O)CC(C)(CCc1ccc(OC)cc1)N(C)C. The van der Waals surface area contributed by atoms with Gasteiger partial charge in [0.05, 0.1) is 20.1 Å². The van der Waals surface area contributed by atoms with Crippen LogP contribution in [0.2, 0.25) is 0 Å². The first-order valence-corrected chi connectivity index (χ1v) is 7.37. The molecule has 21 heavy (non-hydrogen) atoms. The predicted molar refractivity (Wildman–Crippen MR) is 84.7 cm³/mol. The number of esters is 1. The smallest absolute Gasteiger partial charge is 0.307 e. The molecule has 4 nitrogen and oxygen atoms in total. The van der Waals surface area contributed by atoms with Crippen molar-refractivity contribution in [1.82, 2.24) is 4.90 Å². The summed E-state index contributed by atoms with van der Waals surface area (Å²) in [5.74, 6) is 0.726. The molecule has 118 valence electrons. The van der Waals surface area contributed by atoms with Crippen LogP contribution >= 0.6 is 0 Å². The summed E-state index contributed by atoms with van der Waals surface area (Å²) >= 11 is 0. The third-order valence-electron chi connectivity index (χ3n) is 4.02. The average molecular weight is 293 g/mol.